The minimum atomic E-state index is -0.847. The summed E-state index contributed by atoms with van der Waals surface area (Å²) in [5.41, 5.74) is 1.49. The number of nitrogens with one attached hydrogen (secondary N) is 1. The number of carbonyl (C=O) groups is 3. The third-order valence-electron chi connectivity index (χ3n) is 6.85. The number of amides is 3. The molecule has 3 amide bonds. The first-order valence-electron chi connectivity index (χ1n) is 12.2. The van der Waals surface area contributed by atoms with Gasteiger partial charge in [0.2, 0.25) is 17.7 Å². The van der Waals surface area contributed by atoms with Crippen molar-refractivity contribution >= 4 is 52.2 Å². The van der Waals surface area contributed by atoms with Crippen LogP contribution in [0.5, 0.6) is 5.75 Å². The summed E-state index contributed by atoms with van der Waals surface area (Å²) < 4.78 is 20.1. The number of fused-ring (bicyclic) bond motifs is 2. The standard InChI is InChI=1S/C28H21FN4O5S2/c1-38-19-10-6-17(7-11-19)31-20(34)14-32-27-24(40-28(32)37)21(15-3-2-12-30-13-15)22-23(39-27)26(36)33(25(22)35)18-8-4-16(29)5-9-18/h2-13,21-23H,14H2,1H3,(H,31,34). The van der Waals surface area contributed by atoms with Crippen molar-refractivity contribution in [2.24, 2.45) is 5.92 Å². The van der Waals surface area contributed by atoms with Gasteiger partial charge in [0.05, 0.1) is 23.7 Å². The molecule has 2 aromatic heterocycles. The van der Waals surface area contributed by atoms with Crippen molar-refractivity contribution in [3.05, 3.63) is 99.0 Å². The Bertz CT molecular complexity index is 1670. The summed E-state index contributed by atoms with van der Waals surface area (Å²) in [5, 5.41) is 2.40. The number of hydrogen-bond donors (Lipinski definition) is 1. The quantitative estimate of drug-likeness (QED) is 0.347. The average Bonchev–Trinajstić information content (AvgIpc) is 3.40. The fourth-order valence-corrected chi connectivity index (χ4v) is 7.81. The molecule has 3 unspecified atom stereocenters. The number of carbonyl (C=O) groups excluding carboxylic acids is 3. The van der Waals surface area contributed by atoms with Gasteiger partial charge in [-0.15, -0.1) is 0 Å². The molecule has 1 N–H and O–H groups in total. The highest BCUT2D eigenvalue weighted by atomic mass is 32.2. The molecule has 2 aromatic carbocycles. The van der Waals surface area contributed by atoms with E-state index < -0.39 is 40.6 Å². The lowest BCUT2D eigenvalue weighted by atomic mass is 9.84. The SMILES string of the molecule is COc1ccc(NC(=O)Cn2c3c(sc2=O)C(c2cccnc2)C2C(=O)N(c4ccc(F)cc4)C(=O)C2S3)cc1. The summed E-state index contributed by atoms with van der Waals surface area (Å²) in [7, 11) is 1.54. The number of thiazole rings is 1. The van der Waals surface area contributed by atoms with E-state index >= 15 is 0 Å². The Kier molecular flexibility index (Phi) is 6.72. The summed E-state index contributed by atoms with van der Waals surface area (Å²) in [6.45, 7) is -0.273. The van der Waals surface area contributed by atoms with Crippen LogP contribution in [0.1, 0.15) is 16.4 Å². The van der Waals surface area contributed by atoms with Crippen LogP contribution in [0.15, 0.2) is 82.9 Å². The molecule has 1 saturated heterocycles. The Morgan fingerprint density at radius 1 is 1.05 bits per heavy atom. The second-order valence-electron chi connectivity index (χ2n) is 9.22. The molecule has 0 spiro atoms. The van der Waals surface area contributed by atoms with Gasteiger partial charge < -0.3 is 10.1 Å². The first-order chi connectivity index (χ1) is 19.4. The highest BCUT2D eigenvalue weighted by Gasteiger charge is 2.56. The highest BCUT2D eigenvalue weighted by molar-refractivity contribution is 8.00. The third kappa shape index (κ3) is 4.48. The van der Waals surface area contributed by atoms with E-state index in [9.17, 15) is 23.6 Å². The zero-order valence-electron chi connectivity index (χ0n) is 20.9. The molecule has 0 saturated carbocycles. The number of pyridine rings is 1. The second kappa shape index (κ2) is 10.4. The van der Waals surface area contributed by atoms with E-state index in [4.69, 9.17) is 4.74 Å². The number of halogens is 1. The van der Waals surface area contributed by atoms with Gasteiger partial charge in [0.15, 0.2) is 0 Å². The highest BCUT2D eigenvalue weighted by Crippen LogP contribution is 2.53. The molecular formula is C28H21FN4O5S2. The maximum absolute atomic E-state index is 13.8. The number of hydrogen-bond acceptors (Lipinski definition) is 8. The molecule has 40 heavy (non-hydrogen) atoms. The van der Waals surface area contributed by atoms with Crippen LogP contribution in [0.25, 0.3) is 0 Å². The molecule has 3 atom stereocenters. The first kappa shape index (κ1) is 26.0. The summed E-state index contributed by atoms with van der Waals surface area (Å²) >= 11 is 2.07. The van der Waals surface area contributed by atoms with Crippen molar-refractivity contribution < 1.29 is 23.5 Å². The molecule has 4 heterocycles. The van der Waals surface area contributed by atoms with Crippen molar-refractivity contribution in [2.75, 3.05) is 17.3 Å². The van der Waals surface area contributed by atoms with Gasteiger partial charge in [-0.1, -0.05) is 29.2 Å². The van der Waals surface area contributed by atoms with E-state index in [1.165, 1.54) is 28.8 Å². The Hall–Kier alpha value is -4.29. The summed E-state index contributed by atoms with van der Waals surface area (Å²) in [4.78, 5) is 59.1. The van der Waals surface area contributed by atoms with E-state index in [1.54, 1.807) is 55.9 Å². The van der Waals surface area contributed by atoms with Gasteiger partial charge in [0.25, 0.3) is 0 Å². The molecule has 1 fully saturated rings. The zero-order chi connectivity index (χ0) is 28.0. The Balaban J connectivity index is 1.37. The average molecular weight is 577 g/mol. The van der Waals surface area contributed by atoms with Gasteiger partial charge in [0.1, 0.15) is 23.4 Å². The molecule has 12 heteroatoms. The topological polar surface area (TPSA) is 111 Å². The van der Waals surface area contributed by atoms with E-state index in [-0.39, 0.29) is 17.1 Å². The fourth-order valence-electron chi connectivity index (χ4n) is 5.04. The van der Waals surface area contributed by atoms with Gasteiger partial charge in [-0.2, -0.15) is 0 Å². The van der Waals surface area contributed by atoms with Crippen LogP contribution in [-0.4, -0.2) is 39.6 Å². The van der Waals surface area contributed by atoms with Crippen molar-refractivity contribution in [1.82, 2.24) is 9.55 Å². The molecule has 2 aliphatic rings. The summed E-state index contributed by atoms with van der Waals surface area (Å²) in [6, 6.07) is 15.5. The monoisotopic (exact) mass is 576 g/mol. The van der Waals surface area contributed by atoms with Crippen LogP contribution in [0.3, 0.4) is 0 Å². The number of anilines is 2. The van der Waals surface area contributed by atoms with Crippen LogP contribution in [-0.2, 0) is 20.9 Å². The minimum Gasteiger partial charge on any atom is -0.497 e. The number of methoxy groups -OCH3 is 1. The molecule has 0 bridgehead atoms. The lowest BCUT2D eigenvalue weighted by Gasteiger charge is -2.30. The molecule has 2 aliphatic heterocycles. The van der Waals surface area contributed by atoms with Crippen molar-refractivity contribution in [1.29, 1.82) is 0 Å². The number of nitrogens with zero attached hydrogens (tertiary/aromatic N) is 3. The van der Waals surface area contributed by atoms with E-state index in [0.29, 0.717) is 26.9 Å². The molecule has 0 aliphatic carbocycles. The number of aromatic nitrogens is 2. The predicted octanol–water partition coefficient (Wildman–Crippen LogP) is 3.89. The van der Waals surface area contributed by atoms with Crippen LogP contribution in [0, 0.1) is 11.7 Å². The Morgan fingerprint density at radius 2 is 1.80 bits per heavy atom. The predicted molar refractivity (Wildman–Crippen MR) is 148 cm³/mol. The smallest absolute Gasteiger partial charge is 0.308 e. The number of thioether (sulfide) groups is 1. The number of imide groups is 1. The van der Waals surface area contributed by atoms with E-state index in [1.807, 2.05) is 0 Å². The normalized spacial score (nSPS) is 19.8. The van der Waals surface area contributed by atoms with Crippen LogP contribution in [0.4, 0.5) is 15.8 Å². The molecule has 6 rings (SSSR count). The maximum Gasteiger partial charge on any atom is 0.308 e. The second-order valence-corrected chi connectivity index (χ2v) is 11.3. The van der Waals surface area contributed by atoms with E-state index in [0.717, 1.165) is 28.0 Å². The van der Waals surface area contributed by atoms with Crippen molar-refractivity contribution in [3.63, 3.8) is 0 Å². The van der Waals surface area contributed by atoms with Gasteiger partial charge in [-0.25, -0.2) is 9.29 Å². The molecule has 4 aromatic rings. The summed E-state index contributed by atoms with van der Waals surface area (Å²) in [5.74, 6) is -2.59. The third-order valence-corrected chi connectivity index (χ3v) is 9.46. The first-order valence-corrected chi connectivity index (χ1v) is 13.9. The van der Waals surface area contributed by atoms with Crippen molar-refractivity contribution in [2.45, 2.75) is 22.7 Å². The van der Waals surface area contributed by atoms with Crippen LogP contribution in [0.2, 0.25) is 0 Å². The van der Waals surface area contributed by atoms with Crippen molar-refractivity contribution in [3.8, 4) is 5.75 Å². The zero-order valence-corrected chi connectivity index (χ0v) is 22.6. The van der Waals surface area contributed by atoms with Gasteiger partial charge >= 0.3 is 4.87 Å². The van der Waals surface area contributed by atoms with Crippen LogP contribution >= 0.6 is 23.1 Å². The fraction of sp³-hybridized carbons (Fsp3) is 0.179. The lowest BCUT2D eigenvalue weighted by Crippen LogP contribution is -2.33. The van der Waals surface area contributed by atoms with Gasteiger partial charge in [0, 0.05) is 28.9 Å². The van der Waals surface area contributed by atoms with Gasteiger partial charge in [-0.3, -0.25) is 28.7 Å². The molecule has 0 radical (unpaired) electrons. The molecular weight excluding hydrogens is 555 g/mol. The number of rotatable bonds is 6. The largest absolute Gasteiger partial charge is 0.497 e. The lowest BCUT2D eigenvalue weighted by molar-refractivity contribution is -0.122. The van der Waals surface area contributed by atoms with E-state index in [2.05, 4.69) is 10.3 Å². The summed E-state index contributed by atoms with van der Waals surface area (Å²) in [6.07, 6.45) is 3.22. The Labute approximate surface area is 235 Å². The maximum atomic E-state index is 13.8. The number of benzene rings is 2. The minimum absolute atomic E-state index is 0.273. The molecule has 9 nitrogen and oxygen atoms in total. The Morgan fingerprint density at radius 3 is 2.48 bits per heavy atom. The van der Waals surface area contributed by atoms with Crippen LogP contribution < -0.4 is 19.8 Å². The van der Waals surface area contributed by atoms with Gasteiger partial charge in [-0.05, 0) is 60.2 Å². The molecule has 202 valence electrons. The number of ether oxygens (including phenoxy) is 1.